The molecule has 0 aromatic carbocycles. The Morgan fingerprint density at radius 2 is 1.71 bits per heavy atom. The molecule has 0 saturated carbocycles. The molecule has 5 heteroatoms. The molecule has 0 heterocycles. The Bertz CT molecular complexity index is 264. The molecule has 100 valence electrons. The first-order valence-corrected chi connectivity index (χ1v) is 6.03. The lowest BCUT2D eigenvalue weighted by atomic mass is 10.1. The van der Waals surface area contributed by atoms with Crippen LogP contribution in [0.5, 0.6) is 0 Å². The average Bonchev–Trinajstić information content (AvgIpc) is 2.15. The van der Waals surface area contributed by atoms with Crippen molar-refractivity contribution in [3.05, 3.63) is 0 Å². The molecule has 2 N–H and O–H groups in total. The van der Waals surface area contributed by atoms with Gasteiger partial charge in [-0.3, -0.25) is 14.5 Å². The van der Waals surface area contributed by atoms with E-state index in [1.54, 1.807) is 6.92 Å². The van der Waals surface area contributed by atoms with Crippen molar-refractivity contribution in [3.8, 4) is 0 Å². The molecule has 0 radical (unpaired) electrons. The van der Waals surface area contributed by atoms with Gasteiger partial charge in [0.05, 0.1) is 12.5 Å². The van der Waals surface area contributed by atoms with E-state index in [0.29, 0.717) is 6.54 Å². The third-order valence-electron chi connectivity index (χ3n) is 2.56. The number of nitrogens with one attached hydrogen (secondary N) is 1. The first-order valence-electron chi connectivity index (χ1n) is 6.03. The van der Waals surface area contributed by atoms with Crippen LogP contribution in [0, 0.1) is 0 Å². The molecule has 1 unspecified atom stereocenters. The standard InChI is InChI=1S/C12H24N2O3/c1-8(2)13-12(17)10(5)14(9(3)4)7-6-11(15)16/h8-10H,6-7H2,1-5H3,(H,13,17)(H,15,16). The van der Waals surface area contributed by atoms with Crippen molar-refractivity contribution in [1.29, 1.82) is 0 Å². The zero-order valence-corrected chi connectivity index (χ0v) is 11.4. The molecule has 0 rings (SSSR count). The fourth-order valence-corrected chi connectivity index (χ4v) is 1.68. The highest BCUT2D eigenvalue weighted by Gasteiger charge is 2.24. The quantitative estimate of drug-likeness (QED) is 0.703. The molecular weight excluding hydrogens is 220 g/mol. The van der Waals surface area contributed by atoms with Crippen LogP contribution >= 0.6 is 0 Å². The molecule has 1 atom stereocenters. The van der Waals surface area contributed by atoms with Gasteiger partial charge >= 0.3 is 5.97 Å². The SMILES string of the molecule is CC(C)NC(=O)C(C)N(CCC(=O)O)C(C)C. The number of amides is 1. The van der Waals surface area contributed by atoms with Gasteiger partial charge in [0, 0.05) is 18.6 Å². The third kappa shape index (κ3) is 6.26. The Morgan fingerprint density at radius 1 is 1.18 bits per heavy atom. The highest BCUT2D eigenvalue weighted by molar-refractivity contribution is 5.81. The fourth-order valence-electron chi connectivity index (χ4n) is 1.68. The number of aliphatic carboxylic acids is 1. The molecule has 0 aromatic rings. The Morgan fingerprint density at radius 3 is 2.06 bits per heavy atom. The first-order chi connectivity index (χ1) is 7.75. The van der Waals surface area contributed by atoms with E-state index in [4.69, 9.17) is 5.11 Å². The Kier molecular flexibility index (Phi) is 6.80. The van der Waals surface area contributed by atoms with E-state index in [1.807, 2.05) is 32.6 Å². The van der Waals surface area contributed by atoms with Gasteiger partial charge in [-0.25, -0.2) is 0 Å². The van der Waals surface area contributed by atoms with Crippen LogP contribution in [0.15, 0.2) is 0 Å². The van der Waals surface area contributed by atoms with Crippen molar-refractivity contribution in [3.63, 3.8) is 0 Å². The summed E-state index contributed by atoms with van der Waals surface area (Å²) < 4.78 is 0. The van der Waals surface area contributed by atoms with Crippen LogP contribution in [0.2, 0.25) is 0 Å². The maximum atomic E-state index is 11.8. The number of hydrogen-bond donors (Lipinski definition) is 2. The van der Waals surface area contributed by atoms with E-state index in [-0.39, 0.29) is 30.5 Å². The van der Waals surface area contributed by atoms with Gasteiger partial charge in [-0.2, -0.15) is 0 Å². The van der Waals surface area contributed by atoms with Gasteiger partial charge < -0.3 is 10.4 Å². The molecule has 5 nitrogen and oxygen atoms in total. The van der Waals surface area contributed by atoms with Crippen LogP contribution in [0.1, 0.15) is 41.0 Å². The predicted octanol–water partition coefficient (Wildman–Crippen LogP) is 1.08. The summed E-state index contributed by atoms with van der Waals surface area (Å²) in [5.74, 6) is -0.897. The minimum absolute atomic E-state index is 0.0531. The van der Waals surface area contributed by atoms with Crippen molar-refractivity contribution in [1.82, 2.24) is 10.2 Å². The van der Waals surface area contributed by atoms with E-state index in [1.165, 1.54) is 0 Å². The number of carboxylic acids is 1. The highest BCUT2D eigenvalue weighted by atomic mass is 16.4. The summed E-state index contributed by atoms with van der Waals surface area (Å²) in [7, 11) is 0. The second-order valence-electron chi connectivity index (χ2n) is 4.81. The topological polar surface area (TPSA) is 69.6 Å². The van der Waals surface area contributed by atoms with Gasteiger partial charge in [-0.15, -0.1) is 0 Å². The molecule has 0 aliphatic heterocycles. The Labute approximate surface area is 103 Å². The monoisotopic (exact) mass is 244 g/mol. The summed E-state index contributed by atoms with van der Waals surface area (Å²) in [6.07, 6.45) is 0.0531. The normalized spacial score (nSPS) is 13.2. The molecule has 0 fully saturated rings. The van der Waals surface area contributed by atoms with Crippen molar-refractivity contribution in [2.45, 2.75) is 59.2 Å². The highest BCUT2D eigenvalue weighted by Crippen LogP contribution is 2.07. The fraction of sp³-hybridized carbons (Fsp3) is 0.833. The maximum absolute atomic E-state index is 11.8. The zero-order valence-electron chi connectivity index (χ0n) is 11.4. The lowest BCUT2D eigenvalue weighted by Gasteiger charge is -2.31. The third-order valence-corrected chi connectivity index (χ3v) is 2.56. The average molecular weight is 244 g/mol. The Hall–Kier alpha value is -1.10. The van der Waals surface area contributed by atoms with Crippen LogP contribution in [-0.2, 0) is 9.59 Å². The van der Waals surface area contributed by atoms with Gasteiger partial charge in [0.25, 0.3) is 0 Å². The minimum Gasteiger partial charge on any atom is -0.481 e. The summed E-state index contributed by atoms with van der Waals surface area (Å²) in [6, 6.07) is -0.0718. The summed E-state index contributed by atoms with van der Waals surface area (Å²) >= 11 is 0. The van der Waals surface area contributed by atoms with E-state index in [2.05, 4.69) is 5.32 Å². The number of rotatable bonds is 7. The zero-order chi connectivity index (χ0) is 13.6. The van der Waals surface area contributed by atoms with Gasteiger partial charge in [-0.05, 0) is 34.6 Å². The lowest BCUT2D eigenvalue weighted by Crippen LogP contribution is -2.50. The summed E-state index contributed by atoms with van der Waals surface area (Å²) in [4.78, 5) is 24.3. The van der Waals surface area contributed by atoms with E-state index in [0.717, 1.165) is 0 Å². The second kappa shape index (κ2) is 7.27. The number of carboxylic acid groups (broad SMARTS) is 1. The van der Waals surface area contributed by atoms with Gasteiger partial charge in [0.1, 0.15) is 0 Å². The lowest BCUT2D eigenvalue weighted by molar-refractivity contribution is -0.138. The van der Waals surface area contributed by atoms with Gasteiger partial charge in [0.2, 0.25) is 5.91 Å². The van der Waals surface area contributed by atoms with E-state index >= 15 is 0 Å². The largest absolute Gasteiger partial charge is 0.481 e. The van der Waals surface area contributed by atoms with Crippen LogP contribution in [-0.4, -0.2) is 46.6 Å². The molecular formula is C12H24N2O3. The summed E-state index contributed by atoms with van der Waals surface area (Å²) in [5.41, 5.74) is 0. The van der Waals surface area contributed by atoms with Crippen molar-refractivity contribution < 1.29 is 14.7 Å². The number of carbonyl (C=O) groups excluding carboxylic acids is 1. The molecule has 0 aliphatic rings. The molecule has 0 aromatic heterocycles. The van der Waals surface area contributed by atoms with Crippen LogP contribution < -0.4 is 5.32 Å². The molecule has 1 amide bonds. The van der Waals surface area contributed by atoms with Crippen molar-refractivity contribution in [2.24, 2.45) is 0 Å². The molecule has 17 heavy (non-hydrogen) atoms. The predicted molar refractivity (Wildman–Crippen MR) is 66.8 cm³/mol. The molecule has 0 bridgehead atoms. The number of hydrogen-bond acceptors (Lipinski definition) is 3. The minimum atomic E-state index is -0.841. The van der Waals surface area contributed by atoms with E-state index < -0.39 is 5.97 Å². The smallest absolute Gasteiger partial charge is 0.304 e. The van der Waals surface area contributed by atoms with Crippen molar-refractivity contribution >= 4 is 11.9 Å². The summed E-state index contributed by atoms with van der Waals surface area (Å²) in [6.45, 7) is 9.92. The molecule has 0 spiro atoms. The summed E-state index contributed by atoms with van der Waals surface area (Å²) in [5, 5.41) is 11.5. The number of carbonyl (C=O) groups is 2. The Balaban J connectivity index is 4.47. The van der Waals surface area contributed by atoms with Crippen LogP contribution in [0.3, 0.4) is 0 Å². The van der Waals surface area contributed by atoms with Gasteiger partial charge in [-0.1, -0.05) is 0 Å². The van der Waals surface area contributed by atoms with Crippen molar-refractivity contribution in [2.75, 3.05) is 6.54 Å². The second-order valence-corrected chi connectivity index (χ2v) is 4.81. The van der Waals surface area contributed by atoms with Crippen LogP contribution in [0.4, 0.5) is 0 Å². The molecule has 0 saturated heterocycles. The number of nitrogens with zero attached hydrogens (tertiary/aromatic N) is 1. The molecule has 0 aliphatic carbocycles. The maximum Gasteiger partial charge on any atom is 0.304 e. The van der Waals surface area contributed by atoms with Crippen LogP contribution in [0.25, 0.3) is 0 Å². The van der Waals surface area contributed by atoms with E-state index in [9.17, 15) is 9.59 Å². The first kappa shape index (κ1) is 15.9. The van der Waals surface area contributed by atoms with Gasteiger partial charge in [0.15, 0.2) is 0 Å².